The normalized spacial score (nSPS) is 12.9. The molecule has 0 aliphatic heterocycles. The molecule has 0 saturated heterocycles. The van der Waals surface area contributed by atoms with E-state index in [9.17, 15) is 0 Å². The standard InChI is InChI=1S/C59H42N2/c1-59(2)54-24-8-5-20-53(54)58-48(22-13-25-55(58)59)41-15-11-16-45(38-41)60(43-33-35-44(36-34-43)61-56-26-9-6-18-51(56)52-19-7-10-27-57(52)61)42-31-28-40(29-32-42)47-21-12-23-49-46-17-4-3-14-39(46)30-37-50(47)49/h3-38H,1-2H3. The lowest BCUT2D eigenvalue weighted by Crippen LogP contribution is -2.14. The average molecular weight is 779 g/mol. The van der Waals surface area contributed by atoms with E-state index >= 15 is 0 Å². The number of para-hydroxylation sites is 2. The first kappa shape index (κ1) is 35.3. The molecule has 1 heterocycles. The van der Waals surface area contributed by atoms with Crippen LogP contribution in [0.2, 0.25) is 0 Å². The highest BCUT2D eigenvalue weighted by Crippen LogP contribution is 2.52. The van der Waals surface area contributed by atoms with Gasteiger partial charge < -0.3 is 9.47 Å². The zero-order chi connectivity index (χ0) is 40.7. The number of hydrogen-bond donors (Lipinski definition) is 0. The number of benzene rings is 10. The van der Waals surface area contributed by atoms with E-state index in [0.29, 0.717) is 0 Å². The van der Waals surface area contributed by atoms with Crippen LogP contribution >= 0.6 is 0 Å². The maximum atomic E-state index is 2.40. The molecule has 10 aromatic carbocycles. The molecule has 0 atom stereocenters. The summed E-state index contributed by atoms with van der Waals surface area (Å²) in [5, 5.41) is 7.61. The Kier molecular flexibility index (Phi) is 7.92. The van der Waals surface area contributed by atoms with Crippen LogP contribution in [0.15, 0.2) is 218 Å². The van der Waals surface area contributed by atoms with Crippen LogP contribution in [-0.4, -0.2) is 4.57 Å². The van der Waals surface area contributed by atoms with Crippen LogP contribution in [0.4, 0.5) is 17.1 Å². The maximum Gasteiger partial charge on any atom is 0.0541 e. The Labute approximate surface area is 356 Å². The van der Waals surface area contributed by atoms with Gasteiger partial charge in [-0.3, -0.25) is 0 Å². The van der Waals surface area contributed by atoms with Crippen molar-refractivity contribution in [3.05, 3.63) is 230 Å². The highest BCUT2D eigenvalue weighted by molar-refractivity contribution is 6.12. The van der Waals surface area contributed by atoms with Crippen LogP contribution in [0.1, 0.15) is 25.0 Å². The topological polar surface area (TPSA) is 8.17 Å². The van der Waals surface area contributed by atoms with Gasteiger partial charge in [-0.2, -0.15) is 0 Å². The van der Waals surface area contributed by atoms with Gasteiger partial charge in [0, 0.05) is 38.9 Å². The highest BCUT2D eigenvalue weighted by atomic mass is 15.1. The fourth-order valence-corrected chi connectivity index (χ4v) is 10.3. The molecule has 0 amide bonds. The third-order valence-electron chi connectivity index (χ3n) is 13.2. The zero-order valence-corrected chi connectivity index (χ0v) is 34.2. The molecule has 288 valence electrons. The van der Waals surface area contributed by atoms with Gasteiger partial charge in [0.1, 0.15) is 0 Å². The van der Waals surface area contributed by atoms with Crippen LogP contribution in [0.25, 0.3) is 82.4 Å². The van der Waals surface area contributed by atoms with Crippen LogP contribution in [0.5, 0.6) is 0 Å². The van der Waals surface area contributed by atoms with Crippen molar-refractivity contribution in [2.75, 3.05) is 4.90 Å². The van der Waals surface area contributed by atoms with E-state index in [1.54, 1.807) is 0 Å². The first-order valence-corrected chi connectivity index (χ1v) is 21.3. The predicted octanol–water partition coefficient (Wildman–Crippen LogP) is 16.2. The molecule has 0 N–H and O–H groups in total. The van der Waals surface area contributed by atoms with Crippen LogP contribution in [0.3, 0.4) is 0 Å². The van der Waals surface area contributed by atoms with Crippen molar-refractivity contribution in [2.45, 2.75) is 19.3 Å². The lowest BCUT2D eigenvalue weighted by Gasteiger charge is -2.27. The predicted molar refractivity (Wildman–Crippen MR) is 259 cm³/mol. The van der Waals surface area contributed by atoms with Gasteiger partial charge in [0.25, 0.3) is 0 Å². The Hall–Kier alpha value is -7.68. The van der Waals surface area contributed by atoms with E-state index in [1.165, 1.54) is 87.9 Å². The number of nitrogens with zero attached hydrogens (tertiary/aromatic N) is 2. The average Bonchev–Trinajstić information content (AvgIpc) is 3.78. The minimum atomic E-state index is -0.0668. The molecular formula is C59H42N2. The first-order chi connectivity index (χ1) is 30.0. The second kappa shape index (κ2) is 13.7. The van der Waals surface area contributed by atoms with Crippen LogP contribution in [0, 0.1) is 0 Å². The molecule has 61 heavy (non-hydrogen) atoms. The molecule has 0 fully saturated rings. The summed E-state index contributed by atoms with van der Waals surface area (Å²) in [6.45, 7) is 4.71. The molecule has 12 rings (SSSR count). The fraction of sp³-hybridized carbons (Fsp3) is 0.0508. The maximum absolute atomic E-state index is 2.40. The Morgan fingerprint density at radius 2 is 0.934 bits per heavy atom. The molecule has 1 aliphatic carbocycles. The molecule has 1 aromatic heterocycles. The highest BCUT2D eigenvalue weighted by Gasteiger charge is 2.36. The first-order valence-electron chi connectivity index (χ1n) is 21.3. The molecule has 0 saturated carbocycles. The smallest absolute Gasteiger partial charge is 0.0541 e. The Balaban J connectivity index is 1.00. The van der Waals surface area contributed by atoms with Crippen LogP contribution < -0.4 is 4.90 Å². The molecule has 2 nitrogen and oxygen atoms in total. The molecule has 2 heteroatoms. The zero-order valence-electron chi connectivity index (χ0n) is 34.2. The van der Waals surface area contributed by atoms with Gasteiger partial charge >= 0.3 is 0 Å². The Bertz CT molecular complexity index is 3440. The number of rotatable bonds is 6. The number of aromatic nitrogens is 1. The number of anilines is 3. The van der Waals surface area contributed by atoms with E-state index in [1.807, 2.05) is 0 Å². The van der Waals surface area contributed by atoms with E-state index in [-0.39, 0.29) is 5.41 Å². The third-order valence-corrected chi connectivity index (χ3v) is 13.2. The summed E-state index contributed by atoms with van der Waals surface area (Å²) < 4.78 is 2.39. The minimum Gasteiger partial charge on any atom is -0.310 e. The van der Waals surface area contributed by atoms with Gasteiger partial charge in [0.05, 0.1) is 11.0 Å². The Morgan fingerprint density at radius 1 is 0.361 bits per heavy atom. The molecule has 1 aliphatic rings. The van der Waals surface area contributed by atoms with E-state index in [0.717, 1.165) is 22.7 Å². The van der Waals surface area contributed by atoms with Crippen molar-refractivity contribution in [3.8, 4) is 39.1 Å². The summed E-state index contributed by atoms with van der Waals surface area (Å²) in [4.78, 5) is 2.40. The summed E-state index contributed by atoms with van der Waals surface area (Å²) in [5.74, 6) is 0. The SMILES string of the molecule is CC1(C)c2ccccc2-c2c(-c3cccc(N(c4ccc(-c5cccc6c5ccc5ccccc56)cc4)c4ccc(-n5c6ccccc6c6ccccc65)cc4)c3)cccc21. The summed E-state index contributed by atoms with van der Waals surface area (Å²) in [7, 11) is 0. The van der Waals surface area contributed by atoms with Gasteiger partial charge in [-0.25, -0.2) is 0 Å². The second-order valence-corrected chi connectivity index (χ2v) is 16.9. The van der Waals surface area contributed by atoms with Gasteiger partial charge in [-0.05, 0) is 127 Å². The van der Waals surface area contributed by atoms with E-state index in [4.69, 9.17) is 0 Å². The van der Waals surface area contributed by atoms with Gasteiger partial charge in [-0.15, -0.1) is 0 Å². The van der Waals surface area contributed by atoms with Crippen molar-refractivity contribution in [2.24, 2.45) is 0 Å². The van der Waals surface area contributed by atoms with Crippen molar-refractivity contribution in [3.63, 3.8) is 0 Å². The van der Waals surface area contributed by atoms with Crippen LogP contribution in [-0.2, 0) is 5.41 Å². The third kappa shape index (κ3) is 5.49. The van der Waals surface area contributed by atoms with Crippen molar-refractivity contribution >= 4 is 60.4 Å². The van der Waals surface area contributed by atoms with Crippen molar-refractivity contribution < 1.29 is 0 Å². The fourth-order valence-electron chi connectivity index (χ4n) is 10.3. The lowest BCUT2D eigenvalue weighted by molar-refractivity contribution is 0.660. The summed E-state index contributed by atoms with van der Waals surface area (Å²) in [6.07, 6.45) is 0. The van der Waals surface area contributed by atoms with Crippen molar-refractivity contribution in [1.82, 2.24) is 4.57 Å². The Morgan fingerprint density at radius 3 is 1.70 bits per heavy atom. The molecule has 11 aromatic rings. The van der Waals surface area contributed by atoms with Gasteiger partial charge in [0.2, 0.25) is 0 Å². The van der Waals surface area contributed by atoms with E-state index < -0.39 is 0 Å². The number of hydrogen-bond acceptors (Lipinski definition) is 1. The molecule has 0 radical (unpaired) electrons. The van der Waals surface area contributed by atoms with E-state index in [2.05, 4.69) is 242 Å². The minimum absolute atomic E-state index is 0.0668. The van der Waals surface area contributed by atoms with Gasteiger partial charge in [0.15, 0.2) is 0 Å². The number of fused-ring (bicyclic) bond motifs is 9. The monoisotopic (exact) mass is 778 g/mol. The second-order valence-electron chi connectivity index (χ2n) is 16.9. The van der Waals surface area contributed by atoms with Crippen molar-refractivity contribution in [1.29, 1.82) is 0 Å². The molecule has 0 spiro atoms. The summed E-state index contributed by atoms with van der Waals surface area (Å²) in [6, 6.07) is 80.4. The lowest BCUT2D eigenvalue weighted by atomic mass is 9.82. The summed E-state index contributed by atoms with van der Waals surface area (Å²) >= 11 is 0. The quantitative estimate of drug-likeness (QED) is 0.153. The molecule has 0 unspecified atom stereocenters. The van der Waals surface area contributed by atoms with Gasteiger partial charge in [-0.1, -0.05) is 172 Å². The molecule has 0 bridgehead atoms. The summed E-state index contributed by atoms with van der Waals surface area (Å²) in [5.41, 5.74) is 17.1. The molecular weight excluding hydrogens is 737 g/mol. The largest absolute Gasteiger partial charge is 0.310 e.